The molecule has 0 saturated carbocycles. The van der Waals surface area contributed by atoms with Crippen molar-refractivity contribution < 1.29 is 18.3 Å². The second-order valence-electron chi connectivity index (χ2n) is 4.36. The first-order valence-electron chi connectivity index (χ1n) is 6.10. The van der Waals surface area contributed by atoms with Gasteiger partial charge in [-0.15, -0.1) is 0 Å². The molecule has 0 radical (unpaired) electrons. The molecule has 108 valence electrons. The van der Waals surface area contributed by atoms with Crippen molar-refractivity contribution in [2.24, 2.45) is 5.92 Å². The Labute approximate surface area is 118 Å². The molecule has 0 fully saturated rings. The number of rotatable bonds is 7. The molecule has 1 aromatic rings. The topological polar surface area (TPSA) is 107 Å². The first kappa shape index (κ1) is 16.1. The highest BCUT2D eigenvalue weighted by Gasteiger charge is 2.18. The fourth-order valence-electron chi connectivity index (χ4n) is 1.65. The van der Waals surface area contributed by atoms with E-state index in [4.69, 9.17) is 10.4 Å². The molecule has 1 atom stereocenters. The first-order valence-corrected chi connectivity index (χ1v) is 7.59. The van der Waals surface area contributed by atoms with E-state index in [2.05, 4.69) is 4.72 Å². The minimum absolute atomic E-state index is 0.00160. The van der Waals surface area contributed by atoms with Gasteiger partial charge in [0.15, 0.2) is 0 Å². The van der Waals surface area contributed by atoms with Crippen LogP contribution >= 0.6 is 0 Å². The largest absolute Gasteiger partial charge is 0.481 e. The molecule has 0 aliphatic rings. The third kappa shape index (κ3) is 4.64. The van der Waals surface area contributed by atoms with Crippen LogP contribution in [0.25, 0.3) is 0 Å². The zero-order valence-electron chi connectivity index (χ0n) is 11.0. The molecule has 6 nitrogen and oxygen atoms in total. The molecule has 0 saturated heterocycles. The van der Waals surface area contributed by atoms with Gasteiger partial charge in [0.05, 0.1) is 16.5 Å². The molecule has 1 rings (SSSR count). The van der Waals surface area contributed by atoms with Crippen molar-refractivity contribution >= 4 is 16.0 Å². The Morgan fingerprint density at radius 1 is 1.50 bits per heavy atom. The lowest BCUT2D eigenvalue weighted by Gasteiger charge is -2.13. The number of sulfonamides is 1. The minimum atomic E-state index is -3.73. The van der Waals surface area contributed by atoms with Gasteiger partial charge in [0.25, 0.3) is 0 Å². The molecule has 0 aliphatic carbocycles. The van der Waals surface area contributed by atoms with Crippen LogP contribution < -0.4 is 4.72 Å². The number of benzene rings is 1. The lowest BCUT2D eigenvalue weighted by molar-refractivity contribution is -0.138. The van der Waals surface area contributed by atoms with Crippen molar-refractivity contribution in [2.45, 2.75) is 24.7 Å². The molecule has 7 heteroatoms. The monoisotopic (exact) mass is 296 g/mol. The summed E-state index contributed by atoms with van der Waals surface area (Å²) in [5.41, 5.74) is 0.255. The number of carboxylic acid groups (broad SMARTS) is 1. The van der Waals surface area contributed by atoms with Crippen molar-refractivity contribution in [3.8, 4) is 6.07 Å². The molecule has 0 amide bonds. The van der Waals surface area contributed by atoms with Crippen LogP contribution in [0.5, 0.6) is 0 Å². The van der Waals surface area contributed by atoms with E-state index in [0.29, 0.717) is 6.42 Å². The van der Waals surface area contributed by atoms with Crippen molar-refractivity contribution in [1.82, 2.24) is 4.72 Å². The van der Waals surface area contributed by atoms with Gasteiger partial charge in [0.1, 0.15) is 0 Å². The Morgan fingerprint density at radius 2 is 2.20 bits per heavy atom. The standard InChI is InChI=1S/C13H16N2O4S/c1-2-10(7-13(16)17)9-15-20(18,19)12-5-3-4-11(6-12)8-14/h3-6,10,15H,2,7,9H2,1H3,(H,16,17). The van der Waals surface area contributed by atoms with Crippen LogP contribution in [-0.2, 0) is 14.8 Å². The summed E-state index contributed by atoms with van der Waals surface area (Å²) in [6.45, 7) is 1.86. The van der Waals surface area contributed by atoms with E-state index in [1.54, 1.807) is 6.92 Å². The van der Waals surface area contributed by atoms with E-state index in [0.717, 1.165) is 0 Å². The Balaban J connectivity index is 2.79. The maximum Gasteiger partial charge on any atom is 0.303 e. The second kappa shape index (κ2) is 7.03. The summed E-state index contributed by atoms with van der Waals surface area (Å²) >= 11 is 0. The number of hydrogen-bond donors (Lipinski definition) is 2. The third-order valence-electron chi connectivity index (χ3n) is 2.88. The maximum absolute atomic E-state index is 12.0. The van der Waals surface area contributed by atoms with Crippen LogP contribution in [0, 0.1) is 17.2 Å². The van der Waals surface area contributed by atoms with Crippen molar-refractivity contribution in [1.29, 1.82) is 5.26 Å². The fourth-order valence-corrected chi connectivity index (χ4v) is 2.81. The third-order valence-corrected chi connectivity index (χ3v) is 4.30. The van der Waals surface area contributed by atoms with Gasteiger partial charge in [-0.25, -0.2) is 13.1 Å². The Kier molecular flexibility index (Phi) is 5.67. The molecule has 1 aromatic carbocycles. The average Bonchev–Trinajstić information content (AvgIpc) is 2.43. The molecule has 1 unspecified atom stereocenters. The summed E-state index contributed by atoms with van der Waals surface area (Å²) in [6, 6.07) is 7.54. The number of carboxylic acids is 1. The lowest BCUT2D eigenvalue weighted by atomic mass is 10.0. The normalized spacial score (nSPS) is 12.6. The van der Waals surface area contributed by atoms with Crippen LogP contribution in [0.15, 0.2) is 29.2 Å². The molecular weight excluding hydrogens is 280 g/mol. The molecule has 0 bridgehead atoms. The molecule has 0 heterocycles. The molecule has 0 aromatic heterocycles. The fraction of sp³-hybridized carbons (Fsp3) is 0.385. The van der Waals surface area contributed by atoms with Crippen molar-refractivity contribution in [3.05, 3.63) is 29.8 Å². The number of carbonyl (C=O) groups is 1. The van der Waals surface area contributed by atoms with E-state index < -0.39 is 16.0 Å². The summed E-state index contributed by atoms with van der Waals surface area (Å²) in [7, 11) is -3.73. The van der Waals surface area contributed by atoms with E-state index in [1.807, 2.05) is 6.07 Å². The highest BCUT2D eigenvalue weighted by Crippen LogP contribution is 2.13. The minimum Gasteiger partial charge on any atom is -0.481 e. The van der Waals surface area contributed by atoms with Crippen molar-refractivity contribution in [2.75, 3.05) is 6.54 Å². The smallest absolute Gasteiger partial charge is 0.303 e. The van der Waals surface area contributed by atoms with Gasteiger partial charge in [-0.3, -0.25) is 4.79 Å². The maximum atomic E-state index is 12.0. The summed E-state index contributed by atoms with van der Waals surface area (Å²) in [5, 5.41) is 17.5. The average molecular weight is 296 g/mol. The quantitative estimate of drug-likeness (QED) is 0.789. The van der Waals surface area contributed by atoms with Crippen LogP contribution in [0.4, 0.5) is 0 Å². The summed E-state index contributed by atoms with van der Waals surface area (Å²) in [5.74, 6) is -1.22. The van der Waals surface area contributed by atoms with E-state index >= 15 is 0 Å². The molecular formula is C13H16N2O4S. The van der Waals surface area contributed by atoms with E-state index in [9.17, 15) is 13.2 Å². The Hall–Kier alpha value is -1.91. The van der Waals surface area contributed by atoms with Gasteiger partial charge in [-0.2, -0.15) is 5.26 Å². The van der Waals surface area contributed by atoms with Gasteiger partial charge < -0.3 is 5.11 Å². The van der Waals surface area contributed by atoms with Gasteiger partial charge in [0.2, 0.25) is 10.0 Å². The van der Waals surface area contributed by atoms with Gasteiger partial charge in [-0.05, 0) is 24.1 Å². The van der Waals surface area contributed by atoms with Gasteiger partial charge in [-0.1, -0.05) is 19.4 Å². The highest BCUT2D eigenvalue weighted by molar-refractivity contribution is 7.89. The van der Waals surface area contributed by atoms with E-state index in [1.165, 1.54) is 24.3 Å². The van der Waals surface area contributed by atoms with E-state index in [-0.39, 0.29) is 29.3 Å². The van der Waals surface area contributed by atoms with Crippen LogP contribution in [0.3, 0.4) is 0 Å². The summed E-state index contributed by atoms with van der Waals surface area (Å²) in [6.07, 6.45) is 0.476. The zero-order valence-corrected chi connectivity index (χ0v) is 11.9. The van der Waals surface area contributed by atoms with Crippen LogP contribution in [0.1, 0.15) is 25.3 Å². The number of aliphatic carboxylic acids is 1. The number of hydrogen-bond acceptors (Lipinski definition) is 4. The first-order chi connectivity index (χ1) is 9.39. The van der Waals surface area contributed by atoms with Crippen LogP contribution in [0.2, 0.25) is 0 Å². The lowest BCUT2D eigenvalue weighted by Crippen LogP contribution is -2.30. The van der Waals surface area contributed by atoms with Crippen molar-refractivity contribution in [3.63, 3.8) is 0 Å². The van der Waals surface area contributed by atoms with Gasteiger partial charge >= 0.3 is 5.97 Å². The second-order valence-corrected chi connectivity index (χ2v) is 6.13. The predicted molar refractivity (Wildman–Crippen MR) is 72.4 cm³/mol. The highest BCUT2D eigenvalue weighted by atomic mass is 32.2. The zero-order chi connectivity index (χ0) is 15.2. The summed E-state index contributed by atoms with van der Waals surface area (Å²) in [4.78, 5) is 10.6. The van der Waals surface area contributed by atoms with Gasteiger partial charge in [0, 0.05) is 13.0 Å². The molecule has 0 spiro atoms. The molecule has 2 N–H and O–H groups in total. The Morgan fingerprint density at radius 3 is 2.75 bits per heavy atom. The predicted octanol–water partition coefficient (Wildman–Crippen LogP) is 1.34. The number of nitriles is 1. The number of nitrogens with one attached hydrogen (secondary N) is 1. The Bertz CT molecular complexity index is 620. The number of nitrogens with zero attached hydrogens (tertiary/aromatic N) is 1. The molecule has 0 aliphatic heterocycles. The molecule has 20 heavy (non-hydrogen) atoms. The van der Waals surface area contributed by atoms with Crippen LogP contribution in [-0.4, -0.2) is 26.0 Å². The summed E-state index contributed by atoms with van der Waals surface area (Å²) < 4.78 is 26.5. The SMILES string of the molecule is CCC(CNS(=O)(=O)c1cccc(C#N)c1)CC(=O)O.